The summed E-state index contributed by atoms with van der Waals surface area (Å²) < 4.78 is 24.9. The van der Waals surface area contributed by atoms with Crippen molar-refractivity contribution >= 4 is 23.7 Å². The third-order valence-corrected chi connectivity index (χ3v) is 13.5. The van der Waals surface area contributed by atoms with Crippen molar-refractivity contribution in [2.24, 2.45) is 5.41 Å². The van der Waals surface area contributed by atoms with E-state index in [0.29, 0.717) is 48.2 Å². The van der Waals surface area contributed by atoms with Gasteiger partial charge in [0.05, 0.1) is 17.2 Å². The van der Waals surface area contributed by atoms with Crippen LogP contribution < -0.4 is 14.2 Å². The number of nitrogens with zero attached hydrogens (tertiary/aromatic N) is 5. The monoisotopic (exact) mass is 905 g/mol. The number of hydrogen-bond donors (Lipinski definition) is 1. The van der Waals surface area contributed by atoms with Gasteiger partial charge in [-0.15, -0.1) is 0 Å². The lowest BCUT2D eigenvalue weighted by Gasteiger charge is -2.47. The molecule has 65 heavy (non-hydrogen) atoms. The molecule has 3 aromatic carbocycles. The highest BCUT2D eigenvalue weighted by atomic mass is 35.5. The summed E-state index contributed by atoms with van der Waals surface area (Å²) in [5, 5.41) is 19.8. The molecule has 3 saturated heterocycles. The molecular formula is C52H64ClN5O7. The number of carboxylic acids is 1. The van der Waals surface area contributed by atoms with Crippen molar-refractivity contribution in [2.75, 3.05) is 45.9 Å². The van der Waals surface area contributed by atoms with Gasteiger partial charge in [0.1, 0.15) is 48.2 Å². The van der Waals surface area contributed by atoms with E-state index in [1.807, 2.05) is 54.8 Å². The van der Waals surface area contributed by atoms with Crippen LogP contribution in [0.4, 0.5) is 4.79 Å². The maximum atomic E-state index is 12.8. The largest absolute Gasteiger partial charge is 0.493 e. The number of rotatable bonds is 15. The lowest BCUT2D eigenvalue weighted by atomic mass is 9.72. The van der Waals surface area contributed by atoms with Gasteiger partial charge < -0.3 is 33.9 Å². The minimum absolute atomic E-state index is 0.153. The first-order valence-corrected chi connectivity index (χ1v) is 23.5. The van der Waals surface area contributed by atoms with Gasteiger partial charge in [-0.1, -0.05) is 48.4 Å². The summed E-state index contributed by atoms with van der Waals surface area (Å²) in [6.45, 7) is 16.7. The number of carbonyl (C=O) groups excluding carboxylic acids is 1. The zero-order valence-electron chi connectivity index (χ0n) is 38.7. The highest BCUT2D eigenvalue weighted by Crippen LogP contribution is 2.41. The Morgan fingerprint density at radius 1 is 0.862 bits per heavy atom. The number of likely N-dealkylation sites (tertiary alicyclic amines) is 3. The molecule has 0 bridgehead atoms. The Morgan fingerprint density at radius 3 is 2.37 bits per heavy atom. The standard InChI is InChI=1S/C52H64ClN5O7/c1-36-40(34-64-48-28-47(63-33-39-26-38(29-54)30-55-31-39)41(27-44(48)53)32-57-21-7-6-15-45(57)49(59)60)12-8-13-42(36)43-14-9-16-46(37(43)2)62-25-11-20-56-23-18-52(19-24-56)17-10-22-58(35-52)50(61)65-51(3,4)5/h8-9,12-14,16,26-28,30-31,45H,6-7,10-11,15,17-25,32-35H2,1-5H3,(H,59,60)/t45-/m0/s1. The Kier molecular flexibility index (Phi) is 15.6. The number of carboxylic acid groups (broad SMARTS) is 1. The first kappa shape index (κ1) is 47.6. The molecule has 1 spiro atoms. The van der Waals surface area contributed by atoms with E-state index in [2.05, 4.69) is 48.0 Å². The normalized spacial score (nSPS) is 17.9. The molecule has 7 rings (SSSR count). The summed E-state index contributed by atoms with van der Waals surface area (Å²) in [4.78, 5) is 35.6. The van der Waals surface area contributed by atoms with Crippen molar-refractivity contribution in [1.82, 2.24) is 19.7 Å². The molecule has 0 saturated carbocycles. The van der Waals surface area contributed by atoms with Gasteiger partial charge in [0, 0.05) is 55.8 Å². The van der Waals surface area contributed by atoms with Crippen molar-refractivity contribution in [2.45, 2.75) is 117 Å². The molecule has 4 aromatic rings. The van der Waals surface area contributed by atoms with Gasteiger partial charge in [-0.2, -0.15) is 5.26 Å². The number of aromatic nitrogens is 1. The van der Waals surface area contributed by atoms with Gasteiger partial charge in [0.25, 0.3) is 0 Å². The Hall–Kier alpha value is -5.35. The zero-order chi connectivity index (χ0) is 46.1. The SMILES string of the molecule is Cc1c(COc2cc(OCc3cncc(C#N)c3)c(CN3CCCC[C@H]3C(=O)O)cc2Cl)cccc1-c1cccc(OCCCN2CCC3(CCCN(C(=O)OC(C)(C)C)C3)CC2)c1C. The van der Waals surface area contributed by atoms with E-state index in [9.17, 15) is 20.0 Å². The van der Waals surface area contributed by atoms with Crippen LogP contribution in [0.5, 0.6) is 17.2 Å². The van der Waals surface area contributed by atoms with Gasteiger partial charge >= 0.3 is 12.1 Å². The van der Waals surface area contributed by atoms with Crippen LogP contribution in [0.25, 0.3) is 11.1 Å². The molecule has 0 radical (unpaired) electrons. The highest BCUT2D eigenvalue weighted by molar-refractivity contribution is 6.32. The fourth-order valence-electron chi connectivity index (χ4n) is 9.58. The van der Waals surface area contributed by atoms with Crippen LogP contribution in [0.15, 0.2) is 67.0 Å². The summed E-state index contributed by atoms with van der Waals surface area (Å²) in [7, 11) is 0. The van der Waals surface area contributed by atoms with Crippen molar-refractivity contribution < 1.29 is 33.6 Å². The quantitative estimate of drug-likeness (QED) is 0.114. The lowest BCUT2D eigenvalue weighted by Crippen LogP contribution is -2.52. The van der Waals surface area contributed by atoms with E-state index in [-0.39, 0.29) is 24.7 Å². The van der Waals surface area contributed by atoms with Gasteiger partial charge in [0.2, 0.25) is 0 Å². The molecule has 3 aliphatic heterocycles. The maximum absolute atomic E-state index is 12.8. The van der Waals surface area contributed by atoms with Crippen LogP contribution in [-0.4, -0.2) is 94.4 Å². The lowest BCUT2D eigenvalue weighted by molar-refractivity contribution is -0.144. The fourth-order valence-corrected chi connectivity index (χ4v) is 9.82. The number of aliphatic carboxylic acids is 1. The second-order valence-electron chi connectivity index (χ2n) is 19.0. The van der Waals surface area contributed by atoms with Crippen LogP contribution in [0.3, 0.4) is 0 Å². The van der Waals surface area contributed by atoms with Crippen molar-refractivity contribution in [1.29, 1.82) is 5.26 Å². The Labute approximate surface area is 389 Å². The second kappa shape index (κ2) is 21.3. The highest BCUT2D eigenvalue weighted by Gasteiger charge is 2.40. The first-order chi connectivity index (χ1) is 31.2. The minimum Gasteiger partial charge on any atom is -0.493 e. The predicted octanol–water partition coefficient (Wildman–Crippen LogP) is 10.4. The average Bonchev–Trinajstić information content (AvgIpc) is 3.28. The van der Waals surface area contributed by atoms with Crippen LogP contribution in [-0.2, 0) is 29.3 Å². The Morgan fingerprint density at radius 2 is 1.62 bits per heavy atom. The summed E-state index contributed by atoms with van der Waals surface area (Å²) in [6.07, 6.45) is 10.7. The summed E-state index contributed by atoms with van der Waals surface area (Å²) in [6, 6.07) is 19.3. The molecule has 0 unspecified atom stereocenters. The van der Waals surface area contributed by atoms with Gasteiger partial charge in [-0.05, 0) is 151 Å². The first-order valence-electron chi connectivity index (χ1n) is 23.1. The summed E-state index contributed by atoms with van der Waals surface area (Å²) >= 11 is 6.91. The zero-order valence-corrected chi connectivity index (χ0v) is 39.4. The van der Waals surface area contributed by atoms with Crippen molar-refractivity contribution in [3.63, 3.8) is 0 Å². The molecule has 1 aromatic heterocycles. The number of amides is 1. The Balaban J connectivity index is 0.969. The molecule has 3 fully saturated rings. The van der Waals surface area contributed by atoms with E-state index in [1.165, 1.54) is 12.6 Å². The van der Waals surface area contributed by atoms with E-state index in [4.69, 9.17) is 30.5 Å². The predicted molar refractivity (Wildman–Crippen MR) is 251 cm³/mol. The number of benzene rings is 3. The maximum Gasteiger partial charge on any atom is 0.410 e. The summed E-state index contributed by atoms with van der Waals surface area (Å²) in [5.74, 6) is 1.01. The fraction of sp³-hybridized carbons (Fsp3) is 0.500. The van der Waals surface area contributed by atoms with E-state index < -0.39 is 17.6 Å². The smallest absolute Gasteiger partial charge is 0.410 e. The average molecular weight is 907 g/mol. The molecule has 12 nitrogen and oxygen atoms in total. The molecule has 1 N–H and O–H groups in total. The van der Waals surface area contributed by atoms with E-state index >= 15 is 0 Å². The van der Waals surface area contributed by atoms with Crippen LogP contribution in [0, 0.1) is 30.6 Å². The van der Waals surface area contributed by atoms with Crippen LogP contribution in [0.2, 0.25) is 5.02 Å². The third kappa shape index (κ3) is 12.3. The van der Waals surface area contributed by atoms with Gasteiger partial charge in [-0.25, -0.2) is 4.79 Å². The van der Waals surface area contributed by atoms with E-state index in [1.54, 1.807) is 18.3 Å². The number of halogens is 1. The van der Waals surface area contributed by atoms with Crippen molar-refractivity contribution in [3.05, 3.63) is 105 Å². The summed E-state index contributed by atoms with van der Waals surface area (Å²) in [5.41, 5.74) is 6.98. The minimum atomic E-state index is -0.835. The topological polar surface area (TPSA) is 138 Å². The molecule has 346 valence electrons. The number of piperidine rings is 3. The molecule has 3 aliphatic rings. The Bertz CT molecular complexity index is 2350. The second-order valence-corrected chi connectivity index (χ2v) is 19.5. The van der Waals surface area contributed by atoms with Crippen LogP contribution >= 0.6 is 11.6 Å². The van der Waals surface area contributed by atoms with E-state index in [0.717, 1.165) is 116 Å². The van der Waals surface area contributed by atoms with Crippen LogP contribution in [0.1, 0.15) is 106 Å². The van der Waals surface area contributed by atoms with Crippen molar-refractivity contribution in [3.8, 4) is 34.4 Å². The molecular weight excluding hydrogens is 842 g/mol. The molecule has 4 heterocycles. The molecule has 1 amide bonds. The molecule has 0 aliphatic carbocycles. The number of carbonyl (C=O) groups is 2. The molecule has 13 heteroatoms. The van der Waals surface area contributed by atoms with Gasteiger partial charge in [-0.3, -0.25) is 14.7 Å². The number of pyridine rings is 1. The molecule has 1 atom stereocenters. The third-order valence-electron chi connectivity index (χ3n) is 13.2. The number of ether oxygens (including phenoxy) is 4. The van der Waals surface area contributed by atoms with Gasteiger partial charge in [0.15, 0.2) is 0 Å². The number of nitriles is 1. The number of hydrogen-bond acceptors (Lipinski definition) is 10.